The van der Waals surface area contributed by atoms with E-state index in [1.54, 1.807) is 12.0 Å². The van der Waals surface area contributed by atoms with E-state index in [2.05, 4.69) is 27.3 Å². The van der Waals surface area contributed by atoms with Crippen LogP contribution in [0.4, 0.5) is 17.6 Å². The van der Waals surface area contributed by atoms with E-state index >= 15 is 0 Å². The predicted octanol–water partition coefficient (Wildman–Crippen LogP) is -1.88. The molecule has 1 aliphatic rings. The highest BCUT2D eigenvalue weighted by Gasteiger charge is 2.21. The number of rotatable bonds is 5. The number of aromatic nitrogens is 3. The first-order chi connectivity index (χ1) is 11.6. The van der Waals surface area contributed by atoms with Gasteiger partial charge in [-0.2, -0.15) is 15.0 Å². The van der Waals surface area contributed by atoms with E-state index < -0.39 is 0 Å². The standard InChI is InChI=1S/C16H23N7O/c1-22-6-8-23(9-7-22)11-14-19-15(17)21-16(20-14)18-12-4-3-5-13(10-12)24-2/h3-5,10H,6-9,11H2,1-2H3,(H3,17,18,19,20,21)/p+2. The zero-order chi connectivity index (χ0) is 16.9. The van der Waals surface area contributed by atoms with Crippen LogP contribution in [0.15, 0.2) is 24.3 Å². The number of anilines is 3. The van der Waals surface area contributed by atoms with Crippen molar-refractivity contribution in [2.45, 2.75) is 6.54 Å². The van der Waals surface area contributed by atoms with Gasteiger partial charge in [0.15, 0.2) is 5.82 Å². The Bertz CT molecular complexity index is 686. The van der Waals surface area contributed by atoms with Crippen molar-refractivity contribution in [1.82, 2.24) is 15.0 Å². The summed E-state index contributed by atoms with van der Waals surface area (Å²) >= 11 is 0. The fourth-order valence-electron chi connectivity index (χ4n) is 2.83. The first-order valence-electron chi connectivity index (χ1n) is 8.19. The monoisotopic (exact) mass is 331 g/mol. The highest BCUT2D eigenvalue weighted by Crippen LogP contribution is 2.19. The zero-order valence-electron chi connectivity index (χ0n) is 14.2. The van der Waals surface area contributed by atoms with Crippen LogP contribution in [0.1, 0.15) is 5.82 Å². The Morgan fingerprint density at radius 3 is 2.71 bits per heavy atom. The van der Waals surface area contributed by atoms with Crippen molar-refractivity contribution in [2.75, 3.05) is 51.4 Å². The van der Waals surface area contributed by atoms with Crippen LogP contribution in [0.5, 0.6) is 5.75 Å². The Balaban J connectivity index is 1.71. The van der Waals surface area contributed by atoms with Crippen LogP contribution in [0, 0.1) is 0 Å². The van der Waals surface area contributed by atoms with Crippen molar-refractivity contribution >= 4 is 17.6 Å². The van der Waals surface area contributed by atoms with Crippen LogP contribution in [0.25, 0.3) is 0 Å². The van der Waals surface area contributed by atoms with Gasteiger partial charge in [-0.1, -0.05) is 6.07 Å². The molecule has 3 rings (SSSR count). The number of likely N-dealkylation sites (N-methyl/N-ethyl adjacent to an activating group) is 1. The molecule has 0 unspecified atom stereocenters. The molecule has 128 valence electrons. The number of nitrogens with two attached hydrogens (primary N) is 1. The second-order valence-corrected chi connectivity index (χ2v) is 6.17. The van der Waals surface area contributed by atoms with Crippen LogP contribution in [0.3, 0.4) is 0 Å². The number of hydrogen-bond donors (Lipinski definition) is 4. The second-order valence-electron chi connectivity index (χ2n) is 6.17. The lowest BCUT2D eigenvalue weighted by molar-refractivity contribution is -1.01. The molecule has 1 aromatic carbocycles. The van der Waals surface area contributed by atoms with Crippen molar-refractivity contribution in [2.24, 2.45) is 0 Å². The molecule has 0 atom stereocenters. The molecule has 0 spiro atoms. The molecular formula is C16H25N7O+2. The summed E-state index contributed by atoms with van der Waals surface area (Å²) in [6.07, 6.45) is 0. The van der Waals surface area contributed by atoms with Crippen molar-refractivity contribution in [3.8, 4) is 5.75 Å². The van der Waals surface area contributed by atoms with Gasteiger partial charge >= 0.3 is 0 Å². The van der Waals surface area contributed by atoms with E-state index in [1.807, 2.05) is 24.3 Å². The lowest BCUT2D eigenvalue weighted by atomic mass is 10.3. The van der Waals surface area contributed by atoms with Crippen molar-refractivity contribution < 1.29 is 14.5 Å². The summed E-state index contributed by atoms with van der Waals surface area (Å²) in [5, 5.41) is 3.17. The number of nitrogen functional groups attached to an aromatic ring is 1. The van der Waals surface area contributed by atoms with Crippen LogP contribution in [0.2, 0.25) is 0 Å². The predicted molar refractivity (Wildman–Crippen MR) is 91.5 cm³/mol. The third-order valence-corrected chi connectivity index (χ3v) is 4.24. The Kier molecular flexibility index (Phi) is 5.07. The van der Waals surface area contributed by atoms with Gasteiger partial charge in [0.25, 0.3) is 0 Å². The normalized spacial score (nSPS) is 20.6. The summed E-state index contributed by atoms with van der Waals surface area (Å²) in [5.74, 6) is 2.20. The summed E-state index contributed by atoms with van der Waals surface area (Å²) in [4.78, 5) is 16.0. The molecule has 5 N–H and O–H groups in total. The van der Waals surface area contributed by atoms with E-state index in [1.165, 1.54) is 18.0 Å². The molecule has 1 aromatic heterocycles. The Labute approximate surface area is 141 Å². The third kappa shape index (κ3) is 4.30. The number of ether oxygens (including phenoxy) is 1. The molecule has 8 heteroatoms. The number of nitrogens with zero attached hydrogens (tertiary/aromatic N) is 3. The minimum atomic E-state index is 0.240. The fourth-order valence-corrected chi connectivity index (χ4v) is 2.83. The van der Waals surface area contributed by atoms with Crippen molar-refractivity contribution in [3.05, 3.63) is 30.1 Å². The van der Waals surface area contributed by atoms with Gasteiger partial charge in [-0.15, -0.1) is 0 Å². The maximum Gasteiger partial charge on any atom is 0.232 e. The van der Waals surface area contributed by atoms with Crippen LogP contribution in [-0.2, 0) is 6.54 Å². The largest absolute Gasteiger partial charge is 0.497 e. The van der Waals surface area contributed by atoms with E-state index in [9.17, 15) is 0 Å². The summed E-state index contributed by atoms with van der Waals surface area (Å²) in [7, 11) is 3.87. The van der Waals surface area contributed by atoms with E-state index in [-0.39, 0.29) is 5.95 Å². The molecule has 1 fully saturated rings. The molecule has 2 aromatic rings. The van der Waals surface area contributed by atoms with Crippen molar-refractivity contribution in [1.29, 1.82) is 0 Å². The number of benzene rings is 1. The summed E-state index contributed by atoms with van der Waals surface area (Å²) in [5.41, 5.74) is 6.70. The number of nitrogens with one attached hydrogen (secondary N) is 3. The minimum absolute atomic E-state index is 0.240. The zero-order valence-corrected chi connectivity index (χ0v) is 14.2. The van der Waals surface area contributed by atoms with Gasteiger partial charge in [-0.25, -0.2) is 0 Å². The minimum Gasteiger partial charge on any atom is -0.497 e. The number of methoxy groups -OCH3 is 1. The summed E-state index contributed by atoms with van der Waals surface area (Å²) in [6.45, 7) is 5.36. The molecule has 0 amide bonds. The summed E-state index contributed by atoms with van der Waals surface area (Å²) in [6, 6.07) is 7.60. The van der Waals surface area contributed by atoms with E-state index in [4.69, 9.17) is 10.5 Å². The molecule has 0 radical (unpaired) electrons. The second kappa shape index (κ2) is 7.41. The first kappa shape index (κ1) is 16.4. The van der Waals surface area contributed by atoms with Gasteiger partial charge in [-0.05, 0) is 12.1 Å². The Hall–Kier alpha value is -2.45. The molecule has 1 aliphatic heterocycles. The number of hydrogen-bond acceptors (Lipinski definition) is 6. The lowest BCUT2D eigenvalue weighted by Crippen LogP contribution is -3.26. The SMILES string of the molecule is COc1cccc(Nc2nc(N)nc(C[NH+]3CC[NH+](C)CC3)n2)c1. The first-order valence-corrected chi connectivity index (χ1v) is 8.19. The van der Waals surface area contributed by atoms with Gasteiger partial charge in [0.2, 0.25) is 11.9 Å². The average molecular weight is 331 g/mol. The number of quaternary nitrogens is 2. The van der Waals surface area contributed by atoms with Gasteiger partial charge < -0.3 is 25.6 Å². The molecule has 1 saturated heterocycles. The fraction of sp³-hybridized carbons (Fsp3) is 0.438. The van der Waals surface area contributed by atoms with Gasteiger partial charge in [0.1, 0.15) is 38.5 Å². The highest BCUT2D eigenvalue weighted by molar-refractivity contribution is 5.56. The molecule has 24 heavy (non-hydrogen) atoms. The van der Waals surface area contributed by atoms with E-state index in [0.717, 1.165) is 36.9 Å². The molecule has 0 saturated carbocycles. The highest BCUT2D eigenvalue weighted by atomic mass is 16.5. The number of piperazine rings is 1. The smallest absolute Gasteiger partial charge is 0.232 e. The molecule has 2 heterocycles. The van der Waals surface area contributed by atoms with Crippen LogP contribution < -0.4 is 25.6 Å². The average Bonchev–Trinajstić information content (AvgIpc) is 2.56. The van der Waals surface area contributed by atoms with Gasteiger partial charge in [-0.3, -0.25) is 0 Å². The third-order valence-electron chi connectivity index (χ3n) is 4.24. The molecule has 8 nitrogen and oxygen atoms in total. The van der Waals surface area contributed by atoms with Crippen LogP contribution in [-0.4, -0.2) is 55.3 Å². The topological polar surface area (TPSA) is 94.8 Å². The summed E-state index contributed by atoms with van der Waals surface area (Å²) < 4.78 is 5.23. The van der Waals surface area contributed by atoms with Gasteiger partial charge in [0, 0.05) is 11.8 Å². The maximum atomic E-state index is 5.86. The lowest BCUT2D eigenvalue weighted by Gasteiger charge is -2.26. The Morgan fingerprint density at radius 1 is 1.17 bits per heavy atom. The van der Waals surface area contributed by atoms with Crippen molar-refractivity contribution in [3.63, 3.8) is 0 Å². The van der Waals surface area contributed by atoms with Gasteiger partial charge in [0.05, 0.1) is 14.2 Å². The maximum absolute atomic E-state index is 5.86. The molecular weight excluding hydrogens is 306 g/mol. The van der Waals surface area contributed by atoms with E-state index in [0.29, 0.717) is 5.95 Å². The quantitative estimate of drug-likeness (QED) is 0.512. The van der Waals surface area contributed by atoms with Crippen LogP contribution >= 0.6 is 0 Å². The Morgan fingerprint density at radius 2 is 1.96 bits per heavy atom. The molecule has 0 bridgehead atoms. The molecule has 0 aliphatic carbocycles.